The van der Waals surface area contributed by atoms with Gasteiger partial charge in [0.1, 0.15) is 0 Å². The summed E-state index contributed by atoms with van der Waals surface area (Å²) >= 11 is 1.76. The van der Waals surface area contributed by atoms with Crippen molar-refractivity contribution in [3.8, 4) is 20.9 Å². The van der Waals surface area contributed by atoms with E-state index in [0.29, 0.717) is 6.54 Å². The van der Waals surface area contributed by atoms with E-state index < -0.39 is 0 Å². The normalized spacial score (nSPS) is 13.5. The fourth-order valence-corrected chi connectivity index (χ4v) is 3.94. The second-order valence-corrected chi connectivity index (χ2v) is 7.03. The molecule has 0 unspecified atom stereocenters. The van der Waals surface area contributed by atoms with Crippen molar-refractivity contribution in [1.82, 2.24) is 9.88 Å². The Morgan fingerprint density at radius 1 is 1.04 bits per heavy atom. The number of thiophene rings is 1. The molecule has 1 aliphatic rings. The monoisotopic (exact) mass is 320 g/mol. The number of amides is 1. The van der Waals surface area contributed by atoms with Crippen molar-refractivity contribution in [2.75, 3.05) is 7.05 Å². The predicted octanol–water partition coefficient (Wildman–Crippen LogP) is 4.37. The molecule has 0 saturated heterocycles. The van der Waals surface area contributed by atoms with Gasteiger partial charge in [-0.3, -0.25) is 9.78 Å². The lowest BCUT2D eigenvalue weighted by atomic mass is 10.1. The second kappa shape index (κ2) is 5.32. The Labute approximate surface area is 139 Å². The maximum absolute atomic E-state index is 12.0. The van der Waals surface area contributed by atoms with Crippen molar-refractivity contribution >= 4 is 17.2 Å². The molecule has 1 aromatic carbocycles. The van der Waals surface area contributed by atoms with E-state index in [1.807, 2.05) is 31.6 Å². The molecule has 114 valence electrons. The van der Waals surface area contributed by atoms with Crippen LogP contribution in [0.25, 0.3) is 20.9 Å². The van der Waals surface area contributed by atoms with Crippen molar-refractivity contribution in [2.45, 2.75) is 13.5 Å². The van der Waals surface area contributed by atoms with Gasteiger partial charge in [0.05, 0.1) is 0 Å². The lowest BCUT2D eigenvalue weighted by molar-refractivity contribution is 0.0816. The maximum atomic E-state index is 12.0. The van der Waals surface area contributed by atoms with Gasteiger partial charge >= 0.3 is 0 Å². The Balaban J connectivity index is 1.70. The van der Waals surface area contributed by atoms with Crippen LogP contribution in [0.1, 0.15) is 21.5 Å². The Hall–Kier alpha value is -2.46. The third-order valence-corrected chi connectivity index (χ3v) is 5.32. The van der Waals surface area contributed by atoms with Crippen molar-refractivity contribution in [2.24, 2.45) is 0 Å². The molecular formula is C19H16N2OS. The summed E-state index contributed by atoms with van der Waals surface area (Å²) in [6.07, 6.45) is 3.77. The van der Waals surface area contributed by atoms with Crippen molar-refractivity contribution in [1.29, 1.82) is 0 Å². The van der Waals surface area contributed by atoms with Gasteiger partial charge in [0, 0.05) is 46.9 Å². The highest BCUT2D eigenvalue weighted by molar-refractivity contribution is 7.18. The van der Waals surface area contributed by atoms with Gasteiger partial charge in [-0.25, -0.2) is 0 Å². The van der Waals surface area contributed by atoms with Crippen LogP contribution >= 0.6 is 11.3 Å². The number of pyridine rings is 1. The Bertz CT molecular complexity index is 913. The molecule has 3 nitrogen and oxygen atoms in total. The van der Waals surface area contributed by atoms with Crippen LogP contribution < -0.4 is 0 Å². The molecule has 0 N–H and O–H groups in total. The maximum Gasteiger partial charge on any atom is 0.254 e. The summed E-state index contributed by atoms with van der Waals surface area (Å²) in [4.78, 5) is 20.4. The number of nitrogens with zero attached hydrogens (tertiary/aromatic N) is 2. The highest BCUT2D eigenvalue weighted by Crippen LogP contribution is 2.36. The largest absolute Gasteiger partial charge is 0.337 e. The molecule has 0 aliphatic carbocycles. The Morgan fingerprint density at radius 2 is 1.83 bits per heavy atom. The number of hydrogen-bond donors (Lipinski definition) is 0. The fraction of sp³-hybridized carbons (Fsp3) is 0.158. The third kappa shape index (κ3) is 2.45. The summed E-state index contributed by atoms with van der Waals surface area (Å²) in [6.45, 7) is 2.75. The van der Waals surface area contributed by atoms with Gasteiger partial charge < -0.3 is 4.90 Å². The number of aryl methyl sites for hydroxylation is 1. The van der Waals surface area contributed by atoms with Gasteiger partial charge in [-0.2, -0.15) is 0 Å². The summed E-state index contributed by atoms with van der Waals surface area (Å²) in [5.74, 6) is 0.115. The van der Waals surface area contributed by atoms with E-state index in [-0.39, 0.29) is 5.91 Å². The summed E-state index contributed by atoms with van der Waals surface area (Å²) in [5.41, 5.74) is 5.43. The molecule has 0 fully saturated rings. The van der Waals surface area contributed by atoms with Crippen molar-refractivity contribution in [3.63, 3.8) is 0 Å². The van der Waals surface area contributed by atoms with E-state index in [4.69, 9.17) is 0 Å². The Morgan fingerprint density at radius 3 is 2.61 bits per heavy atom. The minimum absolute atomic E-state index is 0.115. The molecule has 4 rings (SSSR count). The zero-order valence-corrected chi connectivity index (χ0v) is 13.9. The molecule has 0 bridgehead atoms. The lowest BCUT2D eigenvalue weighted by Gasteiger charge is -2.04. The van der Waals surface area contributed by atoms with Gasteiger partial charge in [-0.1, -0.05) is 6.07 Å². The van der Waals surface area contributed by atoms with Gasteiger partial charge in [0.15, 0.2) is 0 Å². The minimum Gasteiger partial charge on any atom is -0.337 e. The minimum atomic E-state index is 0.115. The molecule has 0 radical (unpaired) electrons. The summed E-state index contributed by atoms with van der Waals surface area (Å²) in [7, 11) is 1.84. The van der Waals surface area contributed by atoms with Crippen LogP contribution in [0.15, 0.2) is 48.8 Å². The van der Waals surface area contributed by atoms with Gasteiger partial charge in [0.2, 0.25) is 0 Å². The van der Waals surface area contributed by atoms with Crippen LogP contribution in [0.4, 0.5) is 0 Å². The predicted molar refractivity (Wildman–Crippen MR) is 93.5 cm³/mol. The van der Waals surface area contributed by atoms with Gasteiger partial charge in [-0.05, 0) is 53.9 Å². The Kier molecular flexibility index (Phi) is 3.27. The van der Waals surface area contributed by atoms with Crippen LogP contribution in [0, 0.1) is 6.92 Å². The van der Waals surface area contributed by atoms with E-state index in [1.54, 1.807) is 16.2 Å². The molecule has 3 aromatic rings. The molecule has 4 heteroatoms. The number of benzene rings is 1. The summed E-state index contributed by atoms with van der Waals surface area (Å²) in [5, 5.41) is 0. The molecule has 0 spiro atoms. The van der Waals surface area contributed by atoms with E-state index >= 15 is 0 Å². The standard InChI is InChI=1S/C19H16N2OS/c1-12-7-14(10-20-9-12)18-6-5-17(23-18)13-3-4-16-15(8-13)11-21(2)19(16)22/h3-10H,11H2,1-2H3. The van der Waals surface area contributed by atoms with Crippen LogP contribution in [0.3, 0.4) is 0 Å². The molecule has 0 atom stereocenters. The van der Waals surface area contributed by atoms with E-state index in [9.17, 15) is 4.79 Å². The number of hydrogen-bond acceptors (Lipinski definition) is 3. The van der Waals surface area contributed by atoms with Crippen LogP contribution in [-0.2, 0) is 6.54 Å². The highest BCUT2D eigenvalue weighted by Gasteiger charge is 2.24. The molecule has 3 heterocycles. The highest BCUT2D eigenvalue weighted by atomic mass is 32.1. The first kappa shape index (κ1) is 14.2. The zero-order valence-electron chi connectivity index (χ0n) is 13.0. The lowest BCUT2D eigenvalue weighted by Crippen LogP contribution is -2.17. The molecule has 1 amide bonds. The summed E-state index contributed by atoms with van der Waals surface area (Å²) < 4.78 is 0. The topological polar surface area (TPSA) is 33.2 Å². The average molecular weight is 320 g/mol. The number of carbonyl (C=O) groups excluding carboxylic acids is 1. The molecular weight excluding hydrogens is 304 g/mol. The number of aromatic nitrogens is 1. The van der Waals surface area contributed by atoms with Crippen LogP contribution in [0.2, 0.25) is 0 Å². The fourth-order valence-electron chi connectivity index (χ4n) is 2.96. The first-order chi connectivity index (χ1) is 11.1. The quantitative estimate of drug-likeness (QED) is 0.702. The average Bonchev–Trinajstić information content (AvgIpc) is 3.13. The van der Waals surface area contributed by atoms with E-state index in [1.165, 1.54) is 15.3 Å². The second-order valence-electron chi connectivity index (χ2n) is 5.95. The SMILES string of the molecule is Cc1cncc(-c2ccc(-c3ccc4c(c3)CN(C)C4=O)s2)c1. The molecule has 2 aromatic heterocycles. The molecule has 1 aliphatic heterocycles. The first-order valence-electron chi connectivity index (χ1n) is 7.52. The first-order valence-corrected chi connectivity index (χ1v) is 8.34. The van der Waals surface area contributed by atoms with Crippen molar-refractivity contribution < 1.29 is 4.79 Å². The number of carbonyl (C=O) groups is 1. The smallest absolute Gasteiger partial charge is 0.254 e. The van der Waals surface area contributed by atoms with Gasteiger partial charge in [-0.15, -0.1) is 11.3 Å². The molecule has 23 heavy (non-hydrogen) atoms. The third-order valence-electron chi connectivity index (χ3n) is 4.14. The molecule has 0 saturated carbocycles. The van der Waals surface area contributed by atoms with Crippen molar-refractivity contribution in [3.05, 3.63) is 65.5 Å². The van der Waals surface area contributed by atoms with E-state index in [0.717, 1.165) is 22.3 Å². The zero-order chi connectivity index (χ0) is 16.0. The number of rotatable bonds is 2. The summed E-state index contributed by atoms with van der Waals surface area (Å²) in [6, 6.07) is 12.6. The number of fused-ring (bicyclic) bond motifs is 1. The van der Waals surface area contributed by atoms with Gasteiger partial charge in [0.25, 0.3) is 5.91 Å². The van der Waals surface area contributed by atoms with Crippen LogP contribution in [0.5, 0.6) is 0 Å². The van der Waals surface area contributed by atoms with E-state index in [2.05, 4.69) is 36.2 Å². The van der Waals surface area contributed by atoms with Crippen LogP contribution in [-0.4, -0.2) is 22.8 Å².